The summed E-state index contributed by atoms with van der Waals surface area (Å²) in [6.07, 6.45) is 38.3. The summed E-state index contributed by atoms with van der Waals surface area (Å²) in [6, 6.07) is 0. The standard InChI is InChI=1S/C22H38.C21H36/c1-3-4-5-6-7-8-20-13-15-22(16-14-20)18-17-21-11-9-19(2)10-12-21;1-3-4-5-6-7-19-12-14-21(15-13-19)17-16-20-10-8-18(2)9-11-20/h19-22H,3-16H2,1-2H3;18-21H,3-15H2,1-2H3. The highest BCUT2D eigenvalue weighted by Gasteiger charge is 2.22. The highest BCUT2D eigenvalue weighted by molar-refractivity contribution is 5.10. The summed E-state index contributed by atoms with van der Waals surface area (Å²) >= 11 is 0. The molecule has 0 aliphatic heterocycles. The van der Waals surface area contributed by atoms with E-state index in [1.54, 1.807) is 0 Å². The topological polar surface area (TPSA) is 0 Å². The van der Waals surface area contributed by atoms with E-state index in [4.69, 9.17) is 0 Å². The lowest BCUT2D eigenvalue weighted by atomic mass is 9.79. The van der Waals surface area contributed by atoms with Crippen molar-refractivity contribution >= 4 is 0 Å². The Morgan fingerprint density at radius 3 is 0.953 bits per heavy atom. The van der Waals surface area contributed by atoms with Gasteiger partial charge in [-0.25, -0.2) is 0 Å². The molecular formula is C43H74. The zero-order valence-corrected chi connectivity index (χ0v) is 29.7. The van der Waals surface area contributed by atoms with E-state index < -0.39 is 0 Å². The smallest absolute Gasteiger partial charge is 0.0203 e. The van der Waals surface area contributed by atoms with Gasteiger partial charge in [0.25, 0.3) is 0 Å². The van der Waals surface area contributed by atoms with Crippen molar-refractivity contribution in [2.75, 3.05) is 0 Å². The van der Waals surface area contributed by atoms with Gasteiger partial charge in [0.15, 0.2) is 0 Å². The molecule has 0 heterocycles. The van der Waals surface area contributed by atoms with Crippen LogP contribution < -0.4 is 0 Å². The van der Waals surface area contributed by atoms with Gasteiger partial charge in [0.05, 0.1) is 0 Å². The monoisotopic (exact) mass is 591 g/mol. The molecule has 0 aromatic heterocycles. The molecule has 4 fully saturated rings. The third-order valence-corrected chi connectivity index (χ3v) is 11.9. The SMILES string of the molecule is CCCCCCC1CCC(C#CC2CCC(C)CC2)CC1.CCCCCCCC1CCC(C#CC2CCC(C)CC2)CC1. The third kappa shape index (κ3) is 16.3. The third-order valence-electron chi connectivity index (χ3n) is 11.9. The first-order valence-corrected chi connectivity index (χ1v) is 20.1. The van der Waals surface area contributed by atoms with Crippen LogP contribution in [-0.4, -0.2) is 0 Å². The van der Waals surface area contributed by atoms with Gasteiger partial charge in [0, 0.05) is 23.7 Å². The maximum Gasteiger partial charge on any atom is 0.0203 e. The minimum Gasteiger partial charge on any atom is -0.0996 e. The molecule has 4 aliphatic rings. The van der Waals surface area contributed by atoms with Gasteiger partial charge in [-0.15, -0.1) is 0 Å². The molecule has 0 N–H and O–H groups in total. The number of rotatable bonds is 11. The number of hydrogen-bond acceptors (Lipinski definition) is 0. The van der Waals surface area contributed by atoms with E-state index in [0.29, 0.717) is 0 Å². The van der Waals surface area contributed by atoms with Crippen molar-refractivity contribution in [3.63, 3.8) is 0 Å². The van der Waals surface area contributed by atoms with E-state index in [1.165, 1.54) is 173 Å². The van der Waals surface area contributed by atoms with E-state index in [-0.39, 0.29) is 0 Å². The zero-order chi connectivity index (χ0) is 30.5. The maximum absolute atomic E-state index is 3.66. The van der Waals surface area contributed by atoms with E-state index >= 15 is 0 Å². The summed E-state index contributed by atoms with van der Waals surface area (Å²) in [5, 5.41) is 0. The number of unbranched alkanes of at least 4 members (excludes halogenated alkanes) is 7. The number of hydrogen-bond donors (Lipinski definition) is 0. The van der Waals surface area contributed by atoms with E-state index in [1.807, 2.05) is 0 Å². The van der Waals surface area contributed by atoms with Gasteiger partial charge in [0.1, 0.15) is 0 Å². The molecule has 0 spiro atoms. The van der Waals surface area contributed by atoms with Crippen LogP contribution in [0.5, 0.6) is 0 Å². The molecule has 0 atom stereocenters. The Morgan fingerprint density at radius 2 is 0.628 bits per heavy atom. The average Bonchev–Trinajstić information content (AvgIpc) is 3.04. The van der Waals surface area contributed by atoms with E-state index in [2.05, 4.69) is 51.4 Å². The average molecular weight is 591 g/mol. The lowest BCUT2D eigenvalue weighted by Crippen LogP contribution is -2.14. The second kappa shape index (κ2) is 22.6. The van der Waals surface area contributed by atoms with Crippen LogP contribution in [0.2, 0.25) is 0 Å². The molecule has 0 nitrogen and oxygen atoms in total. The van der Waals surface area contributed by atoms with Crippen LogP contribution in [0.3, 0.4) is 0 Å². The molecular weight excluding hydrogens is 516 g/mol. The molecule has 0 saturated heterocycles. The van der Waals surface area contributed by atoms with Crippen LogP contribution in [0.25, 0.3) is 0 Å². The van der Waals surface area contributed by atoms with Crippen molar-refractivity contribution in [1.29, 1.82) is 0 Å². The van der Waals surface area contributed by atoms with Crippen LogP contribution in [0.4, 0.5) is 0 Å². The molecule has 0 heteroatoms. The van der Waals surface area contributed by atoms with Gasteiger partial charge in [-0.2, -0.15) is 0 Å². The quantitative estimate of drug-likeness (QED) is 0.166. The maximum atomic E-state index is 3.66. The molecule has 4 rings (SSSR count). The molecule has 0 amide bonds. The first-order valence-electron chi connectivity index (χ1n) is 20.1. The Kier molecular flexibility index (Phi) is 19.2. The minimum absolute atomic E-state index is 0.729. The van der Waals surface area contributed by atoms with Gasteiger partial charge >= 0.3 is 0 Å². The van der Waals surface area contributed by atoms with Crippen molar-refractivity contribution in [3.05, 3.63) is 0 Å². The second-order valence-electron chi connectivity index (χ2n) is 16.0. The predicted molar refractivity (Wildman–Crippen MR) is 191 cm³/mol. The van der Waals surface area contributed by atoms with Gasteiger partial charge < -0.3 is 0 Å². The van der Waals surface area contributed by atoms with Crippen molar-refractivity contribution in [2.24, 2.45) is 47.3 Å². The Morgan fingerprint density at radius 1 is 0.349 bits per heavy atom. The summed E-state index contributed by atoms with van der Waals surface area (Å²) in [5.74, 6) is 21.5. The first-order chi connectivity index (χ1) is 21.1. The minimum atomic E-state index is 0.729. The normalized spacial score (nSPS) is 32.7. The van der Waals surface area contributed by atoms with E-state index in [0.717, 1.165) is 47.3 Å². The summed E-state index contributed by atoms with van der Waals surface area (Å²) in [6.45, 7) is 9.39. The van der Waals surface area contributed by atoms with Crippen LogP contribution in [0.1, 0.15) is 201 Å². The first kappa shape index (κ1) is 36.6. The lowest BCUT2D eigenvalue weighted by molar-refractivity contribution is 0.293. The van der Waals surface area contributed by atoms with Crippen molar-refractivity contribution < 1.29 is 0 Å². The van der Waals surface area contributed by atoms with Gasteiger partial charge in [-0.1, -0.05) is 122 Å². The fourth-order valence-electron chi connectivity index (χ4n) is 8.37. The highest BCUT2D eigenvalue weighted by atomic mass is 14.3. The summed E-state index contributed by atoms with van der Waals surface area (Å²) in [4.78, 5) is 0. The zero-order valence-electron chi connectivity index (χ0n) is 29.7. The Balaban J connectivity index is 0.000000236. The van der Waals surface area contributed by atoms with Crippen molar-refractivity contribution in [2.45, 2.75) is 201 Å². The molecule has 0 aromatic rings. The Hall–Kier alpha value is -0.880. The Bertz CT molecular complexity index is 782. The van der Waals surface area contributed by atoms with Crippen molar-refractivity contribution in [3.8, 4) is 23.7 Å². The summed E-state index contributed by atoms with van der Waals surface area (Å²) in [7, 11) is 0. The van der Waals surface area contributed by atoms with Gasteiger partial charge in [-0.3, -0.25) is 0 Å². The van der Waals surface area contributed by atoms with E-state index in [9.17, 15) is 0 Å². The molecule has 246 valence electrons. The molecule has 0 aromatic carbocycles. The van der Waals surface area contributed by atoms with Gasteiger partial charge in [0.2, 0.25) is 0 Å². The van der Waals surface area contributed by atoms with Crippen LogP contribution >= 0.6 is 0 Å². The predicted octanol–water partition coefficient (Wildman–Crippen LogP) is 13.6. The highest BCUT2D eigenvalue weighted by Crippen LogP contribution is 2.34. The second-order valence-corrected chi connectivity index (χ2v) is 16.0. The summed E-state index contributed by atoms with van der Waals surface area (Å²) < 4.78 is 0. The molecule has 4 aliphatic carbocycles. The van der Waals surface area contributed by atoms with Crippen molar-refractivity contribution in [1.82, 2.24) is 0 Å². The molecule has 4 saturated carbocycles. The molecule has 43 heavy (non-hydrogen) atoms. The van der Waals surface area contributed by atoms with Gasteiger partial charge in [-0.05, 0) is 126 Å². The summed E-state index contributed by atoms with van der Waals surface area (Å²) in [5.41, 5.74) is 0. The van der Waals surface area contributed by atoms with Crippen LogP contribution in [0, 0.1) is 71.0 Å². The van der Waals surface area contributed by atoms with Crippen LogP contribution in [-0.2, 0) is 0 Å². The fourth-order valence-corrected chi connectivity index (χ4v) is 8.37. The molecule has 0 radical (unpaired) electrons. The largest absolute Gasteiger partial charge is 0.0996 e. The fraction of sp³-hybridized carbons (Fsp3) is 0.907. The van der Waals surface area contributed by atoms with Crippen LogP contribution in [0.15, 0.2) is 0 Å². The Labute approximate surface area is 271 Å². The lowest BCUT2D eigenvalue weighted by Gasteiger charge is -2.26. The molecule has 0 unspecified atom stereocenters. The molecule has 0 bridgehead atoms.